The second-order valence-corrected chi connectivity index (χ2v) is 8.35. The molecule has 4 N–H and O–H groups in total. The summed E-state index contributed by atoms with van der Waals surface area (Å²) >= 11 is 4.19. The molecule has 146 valence electrons. The Morgan fingerprint density at radius 2 is 1.75 bits per heavy atom. The largest absolute Gasteiger partial charge is 0.391 e. The van der Waals surface area contributed by atoms with Gasteiger partial charge in [-0.25, -0.2) is 0 Å². The van der Waals surface area contributed by atoms with Crippen LogP contribution in [0.25, 0.3) is 0 Å². The zero-order valence-corrected chi connectivity index (χ0v) is 19.4. The van der Waals surface area contributed by atoms with Crippen molar-refractivity contribution in [3.8, 4) is 6.07 Å². The van der Waals surface area contributed by atoms with E-state index >= 15 is 0 Å². The molecule has 0 aliphatic heterocycles. The van der Waals surface area contributed by atoms with Gasteiger partial charge >= 0.3 is 0 Å². The second-order valence-electron chi connectivity index (χ2n) is 6.02. The first-order valence-corrected chi connectivity index (χ1v) is 10.4. The van der Waals surface area contributed by atoms with E-state index in [1.807, 2.05) is 6.92 Å². The summed E-state index contributed by atoms with van der Waals surface area (Å²) in [6, 6.07) is 11.3. The normalized spacial score (nSPS) is 12.4. The van der Waals surface area contributed by atoms with Crippen LogP contribution in [0.1, 0.15) is 28.4 Å². The fourth-order valence-electron chi connectivity index (χ4n) is 2.37. The third-order valence-corrected chi connectivity index (χ3v) is 6.10. The molecule has 2 amide bonds. The van der Waals surface area contributed by atoms with E-state index < -0.39 is 24.0 Å². The summed E-state index contributed by atoms with van der Waals surface area (Å²) < 4.78 is 1.76. The van der Waals surface area contributed by atoms with Gasteiger partial charge in [-0.2, -0.15) is 5.26 Å². The number of anilines is 1. The topological polar surface area (TPSA) is 114 Å². The van der Waals surface area contributed by atoms with Crippen molar-refractivity contribution in [3.05, 3.63) is 60.2 Å². The number of carbonyl (C=O) groups is 2. The monoisotopic (exact) mass is 604 g/mol. The minimum absolute atomic E-state index is 0.403. The minimum atomic E-state index is -1.03. The van der Waals surface area contributed by atoms with Crippen LogP contribution in [0.5, 0.6) is 0 Å². The number of amides is 2. The molecule has 7 nitrogen and oxygen atoms in total. The number of hydrogen-bond acceptors (Lipinski definition) is 5. The number of carbonyl (C=O) groups excluding carboxylic acids is 2. The Morgan fingerprint density at radius 3 is 2.32 bits per heavy atom. The molecule has 0 aliphatic carbocycles. The number of halogens is 2. The van der Waals surface area contributed by atoms with Crippen LogP contribution >= 0.6 is 45.2 Å². The standard InChI is InChI=1S/C19H18I2N4O3/c1-10-15(8-5-13(9-22)16(10)21)23-17(11(2)26)19(28)25-24-18(27)12-3-6-14(20)7-4-12/h3-8,11,17,23,26H,1-2H3,(H,24,27)(H,25,28)/t11-,17+/m0/s1. The molecule has 0 heterocycles. The van der Waals surface area contributed by atoms with Gasteiger partial charge in [-0.15, -0.1) is 0 Å². The van der Waals surface area contributed by atoms with Crippen molar-refractivity contribution in [2.24, 2.45) is 0 Å². The Bertz CT molecular complexity index is 924. The molecule has 0 radical (unpaired) electrons. The molecule has 2 atom stereocenters. The van der Waals surface area contributed by atoms with E-state index in [0.717, 1.165) is 12.7 Å². The van der Waals surface area contributed by atoms with Crippen LogP contribution in [0.3, 0.4) is 0 Å². The molecule has 0 saturated carbocycles. The molecule has 0 saturated heterocycles. The quantitative estimate of drug-likeness (QED) is 0.310. The highest BCUT2D eigenvalue weighted by Gasteiger charge is 2.25. The molecule has 0 aromatic heterocycles. The van der Waals surface area contributed by atoms with Crippen LogP contribution in [0, 0.1) is 25.4 Å². The Hall–Kier alpha value is -1.91. The van der Waals surface area contributed by atoms with Crippen LogP contribution in [0.15, 0.2) is 36.4 Å². The lowest BCUT2D eigenvalue weighted by molar-refractivity contribution is -0.124. The summed E-state index contributed by atoms with van der Waals surface area (Å²) in [5.41, 5.74) is 7.03. The number of nitrogens with one attached hydrogen (secondary N) is 3. The lowest BCUT2D eigenvalue weighted by atomic mass is 10.1. The highest BCUT2D eigenvalue weighted by Crippen LogP contribution is 2.25. The molecule has 9 heteroatoms. The SMILES string of the molecule is Cc1c(N[C@@H](C(=O)NNC(=O)c2ccc(I)cc2)[C@H](C)O)ccc(C#N)c1I. The number of hydrazine groups is 1. The first-order valence-electron chi connectivity index (χ1n) is 8.24. The molecule has 0 aliphatic rings. The second kappa shape index (κ2) is 10.0. The lowest BCUT2D eigenvalue weighted by Gasteiger charge is -2.23. The van der Waals surface area contributed by atoms with Gasteiger partial charge in [0.15, 0.2) is 0 Å². The molecule has 28 heavy (non-hydrogen) atoms. The zero-order valence-electron chi connectivity index (χ0n) is 15.1. The molecular weight excluding hydrogens is 586 g/mol. The van der Waals surface area contributed by atoms with E-state index in [4.69, 9.17) is 5.26 Å². The van der Waals surface area contributed by atoms with Gasteiger partial charge in [0.25, 0.3) is 11.8 Å². The van der Waals surface area contributed by atoms with Gasteiger partial charge in [0.05, 0.1) is 11.7 Å². The van der Waals surface area contributed by atoms with Crippen molar-refractivity contribution in [3.63, 3.8) is 0 Å². The van der Waals surface area contributed by atoms with E-state index in [0.29, 0.717) is 16.8 Å². The van der Waals surface area contributed by atoms with Gasteiger partial charge in [0, 0.05) is 18.4 Å². The van der Waals surface area contributed by atoms with Gasteiger partial charge in [-0.05, 0) is 101 Å². The number of aliphatic hydroxyl groups excluding tert-OH is 1. The molecular formula is C19H18I2N4O3. The van der Waals surface area contributed by atoms with Crippen LogP contribution in [-0.4, -0.2) is 29.1 Å². The van der Waals surface area contributed by atoms with Crippen molar-refractivity contribution in [2.75, 3.05) is 5.32 Å². The highest BCUT2D eigenvalue weighted by molar-refractivity contribution is 14.1. The molecule has 0 unspecified atom stereocenters. The number of benzene rings is 2. The van der Waals surface area contributed by atoms with Crippen molar-refractivity contribution in [1.82, 2.24) is 10.9 Å². The van der Waals surface area contributed by atoms with Gasteiger partial charge in [0.2, 0.25) is 0 Å². The van der Waals surface area contributed by atoms with Gasteiger partial charge < -0.3 is 10.4 Å². The van der Waals surface area contributed by atoms with Crippen molar-refractivity contribution in [1.29, 1.82) is 5.26 Å². The molecule has 2 aromatic carbocycles. The fraction of sp³-hybridized carbons (Fsp3) is 0.211. The maximum atomic E-state index is 12.5. The van der Waals surface area contributed by atoms with Gasteiger partial charge in [-0.1, -0.05) is 0 Å². The van der Waals surface area contributed by atoms with Gasteiger partial charge in [0.1, 0.15) is 12.1 Å². The average molecular weight is 604 g/mol. The third-order valence-electron chi connectivity index (χ3n) is 3.99. The molecule has 0 fully saturated rings. The van der Waals surface area contributed by atoms with Crippen molar-refractivity contribution in [2.45, 2.75) is 26.0 Å². The summed E-state index contributed by atoms with van der Waals surface area (Å²) in [6.45, 7) is 3.29. The van der Waals surface area contributed by atoms with Crippen LogP contribution in [0.2, 0.25) is 0 Å². The fourth-order valence-corrected chi connectivity index (χ4v) is 3.32. The molecule has 2 rings (SSSR count). The molecule has 0 bridgehead atoms. The maximum Gasteiger partial charge on any atom is 0.269 e. The Balaban J connectivity index is 2.08. The number of aliphatic hydroxyl groups is 1. The molecule has 2 aromatic rings. The van der Waals surface area contributed by atoms with E-state index in [9.17, 15) is 14.7 Å². The van der Waals surface area contributed by atoms with E-state index in [-0.39, 0.29) is 0 Å². The Morgan fingerprint density at radius 1 is 1.11 bits per heavy atom. The van der Waals surface area contributed by atoms with E-state index in [1.54, 1.807) is 36.4 Å². The van der Waals surface area contributed by atoms with Crippen molar-refractivity contribution < 1.29 is 14.7 Å². The van der Waals surface area contributed by atoms with Crippen LogP contribution in [-0.2, 0) is 4.79 Å². The summed E-state index contributed by atoms with van der Waals surface area (Å²) in [7, 11) is 0. The van der Waals surface area contributed by atoms with E-state index in [1.165, 1.54) is 6.92 Å². The predicted molar refractivity (Wildman–Crippen MR) is 122 cm³/mol. The lowest BCUT2D eigenvalue weighted by Crippen LogP contribution is -2.52. The van der Waals surface area contributed by atoms with E-state index in [2.05, 4.69) is 67.4 Å². The van der Waals surface area contributed by atoms with Crippen LogP contribution < -0.4 is 16.2 Å². The van der Waals surface area contributed by atoms with Crippen molar-refractivity contribution >= 4 is 62.7 Å². The van der Waals surface area contributed by atoms with Crippen LogP contribution in [0.4, 0.5) is 5.69 Å². The Labute approximate surface area is 190 Å². The predicted octanol–water partition coefficient (Wildman–Crippen LogP) is 2.70. The smallest absolute Gasteiger partial charge is 0.269 e. The summed E-state index contributed by atoms with van der Waals surface area (Å²) in [5, 5.41) is 22.1. The summed E-state index contributed by atoms with van der Waals surface area (Å²) in [6.07, 6.45) is -1.03. The number of nitriles is 1. The summed E-state index contributed by atoms with van der Waals surface area (Å²) in [4.78, 5) is 24.6. The average Bonchev–Trinajstić information content (AvgIpc) is 2.67. The zero-order chi connectivity index (χ0) is 20.8. The number of rotatable bonds is 5. The van der Waals surface area contributed by atoms with Gasteiger partial charge in [-0.3, -0.25) is 20.4 Å². The molecule has 0 spiro atoms. The third kappa shape index (κ3) is 5.55. The highest BCUT2D eigenvalue weighted by atomic mass is 127. The maximum absolute atomic E-state index is 12.5. The summed E-state index contributed by atoms with van der Waals surface area (Å²) in [5.74, 6) is -1.05. The minimum Gasteiger partial charge on any atom is -0.391 e. The first-order chi connectivity index (χ1) is 13.2. The Kier molecular flexibility index (Phi) is 8.02. The first kappa shape index (κ1) is 22.4. The number of nitrogens with zero attached hydrogens (tertiary/aromatic N) is 1. The number of hydrogen-bond donors (Lipinski definition) is 4.